The van der Waals surface area contributed by atoms with E-state index in [9.17, 15) is 24.9 Å². The molecule has 0 saturated carbocycles. The monoisotopic (exact) mass is 614 g/mol. The summed E-state index contributed by atoms with van der Waals surface area (Å²) in [7, 11) is 0. The fourth-order valence-electron chi connectivity index (χ4n) is 6.40. The number of Topliss-reactive ketones (excluding diaryl/α,β-unsaturated/α-hetero) is 1. The number of nitrogens with zero attached hydrogens (tertiary/aromatic N) is 2. The minimum atomic E-state index is -1.19. The van der Waals surface area contributed by atoms with Crippen molar-refractivity contribution in [2.24, 2.45) is 17.8 Å². The second kappa shape index (κ2) is 11.8. The van der Waals surface area contributed by atoms with Crippen molar-refractivity contribution in [1.82, 2.24) is 15.3 Å². The van der Waals surface area contributed by atoms with E-state index in [1.807, 2.05) is 44.2 Å². The van der Waals surface area contributed by atoms with Gasteiger partial charge in [0.2, 0.25) is 17.7 Å². The topological polar surface area (TPSA) is 171 Å². The summed E-state index contributed by atoms with van der Waals surface area (Å²) in [5.41, 5.74) is 2.41. The average molecular weight is 615 g/mol. The molecule has 6 rings (SSSR count). The summed E-state index contributed by atoms with van der Waals surface area (Å²) in [5.74, 6) is -1.36. The van der Waals surface area contributed by atoms with Gasteiger partial charge in [0, 0.05) is 30.1 Å². The second-order valence-corrected chi connectivity index (χ2v) is 12.7. The Hall–Kier alpha value is -4.48. The number of aliphatic hydroxyl groups excluding tert-OH is 2. The van der Waals surface area contributed by atoms with Gasteiger partial charge in [-0.3, -0.25) is 9.59 Å². The fourth-order valence-corrected chi connectivity index (χ4v) is 6.40. The summed E-state index contributed by atoms with van der Waals surface area (Å²) in [6.07, 6.45) is 0.192. The number of aromatic hydroxyl groups is 1. The lowest BCUT2D eigenvalue weighted by molar-refractivity contribution is -0.135. The van der Waals surface area contributed by atoms with Gasteiger partial charge in [0.15, 0.2) is 17.2 Å². The molecule has 5 N–H and O–H groups in total. The number of aliphatic hydroxyl groups is 2. The van der Waals surface area contributed by atoms with E-state index in [1.54, 1.807) is 26.0 Å². The number of amides is 1. The van der Waals surface area contributed by atoms with Crippen LogP contribution in [0, 0.1) is 17.8 Å². The Morgan fingerprint density at radius 1 is 1.11 bits per heavy atom. The third-order valence-corrected chi connectivity index (χ3v) is 8.89. The number of aromatic nitrogens is 2. The Kier molecular flexibility index (Phi) is 8.00. The number of anilines is 1. The molecule has 4 heterocycles. The predicted molar refractivity (Wildman–Crippen MR) is 164 cm³/mol. The number of oxazole rings is 2. The van der Waals surface area contributed by atoms with E-state index in [4.69, 9.17) is 13.8 Å². The van der Waals surface area contributed by atoms with Gasteiger partial charge in [0.05, 0.1) is 6.61 Å². The molecule has 11 heteroatoms. The van der Waals surface area contributed by atoms with Gasteiger partial charge in [-0.05, 0) is 41.5 Å². The third-order valence-electron chi connectivity index (χ3n) is 8.89. The van der Waals surface area contributed by atoms with Crippen LogP contribution in [-0.4, -0.2) is 49.6 Å². The van der Waals surface area contributed by atoms with Crippen LogP contribution in [0.3, 0.4) is 0 Å². The molecule has 0 radical (unpaired) electrons. The SMILES string of the molecule is CC(C)[C@H](O)C(=O)CC1Cc2ccc(O)c(c2)C2(CNc3ccccc32)c2oc(nc2-c2nc(CO)co2)[C@H](C(C)C)NC1=O. The zero-order valence-electron chi connectivity index (χ0n) is 25.7. The van der Waals surface area contributed by atoms with Crippen LogP contribution in [0.1, 0.15) is 74.2 Å². The van der Waals surface area contributed by atoms with Crippen LogP contribution < -0.4 is 10.6 Å². The summed E-state index contributed by atoms with van der Waals surface area (Å²) >= 11 is 0. The van der Waals surface area contributed by atoms with E-state index in [2.05, 4.69) is 15.6 Å². The molecule has 2 aliphatic heterocycles. The molecule has 1 amide bonds. The molecule has 2 aliphatic rings. The molecule has 0 aliphatic carbocycles. The molecule has 236 valence electrons. The molecule has 4 aromatic rings. The molecule has 0 saturated heterocycles. The Labute approximate surface area is 260 Å². The van der Waals surface area contributed by atoms with Crippen molar-refractivity contribution in [3.63, 3.8) is 0 Å². The van der Waals surface area contributed by atoms with Gasteiger partial charge in [-0.25, -0.2) is 9.97 Å². The van der Waals surface area contributed by atoms with Crippen molar-refractivity contribution < 1.29 is 33.7 Å². The van der Waals surface area contributed by atoms with Crippen molar-refractivity contribution in [2.45, 2.75) is 64.7 Å². The number of para-hydroxylation sites is 1. The lowest BCUT2D eigenvalue weighted by Gasteiger charge is -2.31. The number of phenolic OH excluding ortho intramolecular Hbond substituents is 1. The lowest BCUT2D eigenvalue weighted by Crippen LogP contribution is -2.40. The van der Waals surface area contributed by atoms with E-state index in [-0.39, 0.29) is 60.4 Å². The number of rotatable bonds is 7. The number of hydrogen-bond acceptors (Lipinski definition) is 10. The van der Waals surface area contributed by atoms with Crippen molar-refractivity contribution >= 4 is 17.4 Å². The maximum Gasteiger partial charge on any atom is 0.249 e. The number of benzene rings is 2. The summed E-state index contributed by atoms with van der Waals surface area (Å²) in [4.78, 5) is 36.3. The number of fused-ring (bicyclic) bond motifs is 8. The van der Waals surface area contributed by atoms with Crippen LogP contribution in [0.4, 0.5) is 5.69 Å². The van der Waals surface area contributed by atoms with Gasteiger partial charge < -0.3 is 34.8 Å². The van der Waals surface area contributed by atoms with Crippen LogP contribution >= 0.6 is 0 Å². The first kappa shape index (κ1) is 30.5. The van der Waals surface area contributed by atoms with E-state index in [0.717, 1.165) is 16.8 Å². The van der Waals surface area contributed by atoms with E-state index in [1.165, 1.54) is 6.26 Å². The van der Waals surface area contributed by atoms with Crippen molar-refractivity contribution in [3.05, 3.63) is 82.8 Å². The van der Waals surface area contributed by atoms with Gasteiger partial charge in [0.25, 0.3) is 0 Å². The molecule has 1 spiro atoms. The van der Waals surface area contributed by atoms with Gasteiger partial charge >= 0.3 is 0 Å². The van der Waals surface area contributed by atoms with Crippen LogP contribution in [-0.2, 0) is 28.0 Å². The second-order valence-electron chi connectivity index (χ2n) is 12.7. The van der Waals surface area contributed by atoms with Gasteiger partial charge in [0.1, 0.15) is 35.3 Å². The molecule has 45 heavy (non-hydrogen) atoms. The molecule has 2 unspecified atom stereocenters. The zero-order valence-corrected chi connectivity index (χ0v) is 25.7. The van der Waals surface area contributed by atoms with E-state index < -0.39 is 29.3 Å². The normalized spacial score (nSPS) is 21.6. The molecular formula is C34H38N4O7. The third kappa shape index (κ3) is 5.29. The highest BCUT2D eigenvalue weighted by molar-refractivity contribution is 5.89. The first-order chi connectivity index (χ1) is 21.5. The van der Waals surface area contributed by atoms with Gasteiger partial charge in [-0.2, -0.15) is 0 Å². The van der Waals surface area contributed by atoms with Crippen LogP contribution in [0.25, 0.3) is 11.6 Å². The van der Waals surface area contributed by atoms with E-state index in [0.29, 0.717) is 23.6 Å². The number of hydrogen-bond donors (Lipinski definition) is 5. The van der Waals surface area contributed by atoms with Gasteiger partial charge in [-0.15, -0.1) is 0 Å². The lowest BCUT2D eigenvalue weighted by atomic mass is 9.72. The maximum atomic E-state index is 13.9. The highest BCUT2D eigenvalue weighted by Crippen LogP contribution is 2.52. The first-order valence-corrected chi connectivity index (χ1v) is 15.3. The number of carbonyl (C=O) groups is 2. The summed E-state index contributed by atoms with van der Waals surface area (Å²) < 4.78 is 12.5. The Balaban J connectivity index is 1.62. The average Bonchev–Trinajstić information content (AvgIpc) is 3.76. The van der Waals surface area contributed by atoms with Crippen molar-refractivity contribution in [3.8, 4) is 17.3 Å². The smallest absolute Gasteiger partial charge is 0.249 e. The number of phenols is 1. The number of carbonyl (C=O) groups excluding carboxylic acids is 2. The standard InChI is InChI=1S/C34H38N4O7/c1-17(2)27-33-38-28(32-36-21(14-39)15-44-32)30(45-33)34(16-35-24-8-6-5-7-22(24)34)23-12-19(9-10-25(23)40)11-20(31(43)37-27)13-26(41)29(42)18(3)4/h5-10,12,15,17-18,20,27,29,35,39-40,42H,11,13-14,16H2,1-4H3,(H,37,43)/t20?,27-,29-,34?/m0/s1. The predicted octanol–water partition coefficient (Wildman–Crippen LogP) is 4.25. The maximum absolute atomic E-state index is 13.9. The summed E-state index contributed by atoms with van der Waals surface area (Å²) in [5, 5.41) is 38.3. The summed E-state index contributed by atoms with van der Waals surface area (Å²) in [6, 6.07) is 12.2. The number of ketones is 1. The fraction of sp³-hybridized carbons (Fsp3) is 0.412. The summed E-state index contributed by atoms with van der Waals surface area (Å²) in [6.45, 7) is 7.33. The molecular weight excluding hydrogens is 576 g/mol. The number of nitrogens with one attached hydrogen (secondary N) is 2. The quantitative estimate of drug-likeness (QED) is 0.203. The van der Waals surface area contributed by atoms with Gasteiger partial charge in [-0.1, -0.05) is 58.0 Å². The van der Waals surface area contributed by atoms with Crippen LogP contribution in [0.5, 0.6) is 5.75 Å². The molecule has 2 aromatic carbocycles. The van der Waals surface area contributed by atoms with Crippen molar-refractivity contribution in [1.29, 1.82) is 0 Å². The first-order valence-electron chi connectivity index (χ1n) is 15.3. The Morgan fingerprint density at radius 2 is 1.89 bits per heavy atom. The zero-order chi connectivity index (χ0) is 32.0. The molecule has 11 nitrogen and oxygen atoms in total. The largest absolute Gasteiger partial charge is 0.508 e. The van der Waals surface area contributed by atoms with Crippen molar-refractivity contribution in [2.75, 3.05) is 11.9 Å². The molecule has 4 bridgehead atoms. The Morgan fingerprint density at radius 3 is 2.60 bits per heavy atom. The highest BCUT2D eigenvalue weighted by Gasteiger charge is 2.50. The van der Waals surface area contributed by atoms with Crippen LogP contribution in [0.15, 0.2) is 57.6 Å². The highest BCUT2D eigenvalue weighted by atomic mass is 16.4. The minimum Gasteiger partial charge on any atom is -0.508 e. The Bertz CT molecular complexity index is 1740. The molecule has 0 fully saturated rings. The van der Waals surface area contributed by atoms with Crippen LogP contribution in [0.2, 0.25) is 0 Å². The minimum absolute atomic E-state index is 0.00869. The molecule has 4 atom stereocenters. The molecule has 2 aromatic heterocycles. The van der Waals surface area contributed by atoms with E-state index >= 15 is 0 Å².